The Morgan fingerprint density at radius 3 is 2.94 bits per heavy atom. The van der Waals surface area contributed by atoms with Crippen molar-refractivity contribution in [2.45, 2.75) is 19.5 Å². The number of aromatic nitrogens is 1. The van der Waals surface area contributed by atoms with Crippen molar-refractivity contribution in [3.8, 4) is 5.88 Å². The zero-order chi connectivity index (χ0) is 13.1. The molecular formula is C12H13F2N3O. The first-order valence-electron chi connectivity index (χ1n) is 5.43. The Kier molecular flexibility index (Phi) is 3.57. The molecule has 0 saturated carbocycles. The summed E-state index contributed by atoms with van der Waals surface area (Å²) in [6.07, 6.45) is 2.67. The Hall–Kier alpha value is -1.95. The molecule has 1 atom stereocenters. The fourth-order valence-electron chi connectivity index (χ4n) is 1.59. The van der Waals surface area contributed by atoms with Gasteiger partial charge >= 0.3 is 0 Å². The number of nitrogens with two attached hydrogens (primary N) is 1. The molecule has 1 aliphatic rings. The molecule has 0 fully saturated rings. The van der Waals surface area contributed by atoms with Crippen molar-refractivity contribution in [1.29, 1.82) is 0 Å². The smallest absolute Gasteiger partial charge is 0.219 e. The summed E-state index contributed by atoms with van der Waals surface area (Å²) in [6, 6.07) is 1.56. The number of hydrogen-bond acceptors (Lipinski definition) is 4. The number of hydrogen-bond donors (Lipinski definition) is 2. The maximum Gasteiger partial charge on any atom is 0.219 e. The summed E-state index contributed by atoms with van der Waals surface area (Å²) < 4.78 is 32.1. The molecular weight excluding hydrogens is 240 g/mol. The van der Waals surface area contributed by atoms with Crippen LogP contribution in [0.2, 0.25) is 0 Å². The van der Waals surface area contributed by atoms with Crippen LogP contribution in [0.4, 0.5) is 14.5 Å². The van der Waals surface area contributed by atoms with Gasteiger partial charge in [-0.3, -0.25) is 5.84 Å². The number of allylic oxidation sites excluding steroid dienone is 4. The van der Waals surface area contributed by atoms with Gasteiger partial charge in [-0.1, -0.05) is 6.08 Å². The SMILES string of the molecule is Cc1cc(OC2=C(F)C=CCC2F)ncc1NN. The van der Waals surface area contributed by atoms with Gasteiger partial charge < -0.3 is 10.2 Å². The predicted octanol–water partition coefficient (Wildman–Crippen LogP) is 2.53. The normalized spacial score (nSPS) is 19.0. The van der Waals surface area contributed by atoms with E-state index in [1.54, 1.807) is 13.0 Å². The Balaban J connectivity index is 2.24. The number of rotatable bonds is 3. The largest absolute Gasteiger partial charge is 0.437 e. The lowest BCUT2D eigenvalue weighted by atomic mass is 10.1. The van der Waals surface area contributed by atoms with Gasteiger partial charge in [0, 0.05) is 12.5 Å². The molecule has 1 heterocycles. The number of nitrogens with zero attached hydrogens (tertiary/aromatic N) is 1. The highest BCUT2D eigenvalue weighted by molar-refractivity contribution is 5.49. The molecule has 1 aromatic rings. The Morgan fingerprint density at radius 1 is 1.56 bits per heavy atom. The molecule has 0 radical (unpaired) electrons. The minimum Gasteiger partial charge on any atom is -0.437 e. The number of alkyl halides is 1. The maximum absolute atomic E-state index is 13.5. The zero-order valence-electron chi connectivity index (χ0n) is 9.78. The molecule has 18 heavy (non-hydrogen) atoms. The standard InChI is InChI=1S/C12H13F2N3O/c1-7-5-11(16-6-10(7)17-15)18-12-8(13)3-2-4-9(12)14/h2-3,5-6,9,17H,4,15H2,1H3. The predicted molar refractivity (Wildman–Crippen MR) is 64.2 cm³/mol. The average Bonchev–Trinajstić information content (AvgIpc) is 2.34. The Morgan fingerprint density at radius 2 is 2.33 bits per heavy atom. The summed E-state index contributed by atoms with van der Waals surface area (Å²) in [5.74, 6) is 4.34. The number of anilines is 1. The van der Waals surface area contributed by atoms with Gasteiger partial charge in [-0.05, 0) is 18.6 Å². The zero-order valence-corrected chi connectivity index (χ0v) is 9.78. The molecule has 3 N–H and O–H groups in total. The van der Waals surface area contributed by atoms with Crippen LogP contribution in [-0.4, -0.2) is 11.2 Å². The summed E-state index contributed by atoms with van der Waals surface area (Å²) >= 11 is 0. The summed E-state index contributed by atoms with van der Waals surface area (Å²) in [5, 5.41) is 0. The van der Waals surface area contributed by atoms with Crippen LogP contribution >= 0.6 is 0 Å². The van der Waals surface area contributed by atoms with Crippen LogP contribution in [0.1, 0.15) is 12.0 Å². The third-order valence-electron chi connectivity index (χ3n) is 2.58. The van der Waals surface area contributed by atoms with E-state index in [4.69, 9.17) is 10.6 Å². The van der Waals surface area contributed by atoms with E-state index in [0.29, 0.717) is 5.69 Å². The van der Waals surface area contributed by atoms with Crippen LogP contribution in [0.15, 0.2) is 36.0 Å². The number of pyridine rings is 1. The van der Waals surface area contributed by atoms with Crippen molar-refractivity contribution in [3.63, 3.8) is 0 Å². The lowest BCUT2D eigenvalue weighted by molar-refractivity contribution is 0.252. The second kappa shape index (κ2) is 5.14. The quantitative estimate of drug-likeness (QED) is 0.642. The van der Waals surface area contributed by atoms with Gasteiger partial charge in [-0.2, -0.15) is 0 Å². The molecule has 0 amide bonds. The molecule has 0 aromatic carbocycles. The van der Waals surface area contributed by atoms with Crippen molar-refractivity contribution in [2.24, 2.45) is 5.84 Å². The molecule has 1 unspecified atom stereocenters. The van der Waals surface area contributed by atoms with Crippen molar-refractivity contribution < 1.29 is 13.5 Å². The van der Waals surface area contributed by atoms with Gasteiger partial charge in [-0.25, -0.2) is 13.8 Å². The van der Waals surface area contributed by atoms with Crippen LogP contribution in [0, 0.1) is 6.92 Å². The fourth-order valence-corrected chi connectivity index (χ4v) is 1.59. The second-order valence-corrected chi connectivity index (χ2v) is 3.90. The number of ether oxygens (including phenoxy) is 1. The second-order valence-electron chi connectivity index (χ2n) is 3.90. The molecule has 0 spiro atoms. The number of halogens is 2. The summed E-state index contributed by atoms with van der Waals surface area (Å²) in [5.41, 5.74) is 3.85. The topological polar surface area (TPSA) is 60.2 Å². The van der Waals surface area contributed by atoms with Crippen molar-refractivity contribution in [1.82, 2.24) is 4.98 Å². The van der Waals surface area contributed by atoms with Gasteiger partial charge in [-0.15, -0.1) is 0 Å². The Labute approximate surface area is 103 Å². The van der Waals surface area contributed by atoms with Crippen LogP contribution in [0.3, 0.4) is 0 Å². The van der Waals surface area contributed by atoms with Crippen LogP contribution in [-0.2, 0) is 0 Å². The monoisotopic (exact) mass is 253 g/mol. The molecule has 1 aliphatic carbocycles. The molecule has 4 nitrogen and oxygen atoms in total. The number of nitrogens with one attached hydrogen (secondary N) is 1. The molecule has 96 valence electrons. The van der Waals surface area contributed by atoms with Crippen LogP contribution in [0.25, 0.3) is 0 Å². The van der Waals surface area contributed by atoms with E-state index >= 15 is 0 Å². The summed E-state index contributed by atoms with van der Waals surface area (Å²) in [4.78, 5) is 3.92. The van der Waals surface area contributed by atoms with Crippen molar-refractivity contribution >= 4 is 5.69 Å². The highest BCUT2D eigenvalue weighted by Crippen LogP contribution is 2.27. The van der Waals surface area contributed by atoms with Crippen molar-refractivity contribution in [2.75, 3.05) is 5.43 Å². The van der Waals surface area contributed by atoms with Gasteiger partial charge in [0.15, 0.2) is 17.8 Å². The molecule has 0 saturated heterocycles. The first kappa shape index (κ1) is 12.5. The number of nitrogen functional groups attached to an aromatic ring is 1. The molecule has 1 aromatic heterocycles. The summed E-state index contributed by atoms with van der Waals surface area (Å²) in [6.45, 7) is 1.78. The number of aryl methyl sites for hydroxylation is 1. The lowest BCUT2D eigenvalue weighted by Gasteiger charge is -2.16. The van der Waals surface area contributed by atoms with E-state index in [9.17, 15) is 8.78 Å². The van der Waals surface area contributed by atoms with E-state index in [1.165, 1.54) is 18.3 Å². The van der Waals surface area contributed by atoms with Crippen molar-refractivity contribution in [3.05, 3.63) is 41.6 Å². The third-order valence-corrected chi connectivity index (χ3v) is 2.58. The minimum absolute atomic E-state index is 0.101. The van der Waals surface area contributed by atoms with Crippen LogP contribution in [0.5, 0.6) is 5.88 Å². The number of hydrazine groups is 1. The first-order valence-corrected chi connectivity index (χ1v) is 5.43. The maximum atomic E-state index is 13.5. The van der Waals surface area contributed by atoms with E-state index in [0.717, 1.165) is 5.56 Å². The first-order chi connectivity index (χ1) is 8.61. The van der Waals surface area contributed by atoms with Gasteiger partial charge in [0.1, 0.15) is 0 Å². The van der Waals surface area contributed by atoms with E-state index in [-0.39, 0.29) is 18.1 Å². The highest BCUT2D eigenvalue weighted by atomic mass is 19.1. The van der Waals surface area contributed by atoms with E-state index in [1.807, 2.05) is 0 Å². The molecule has 0 aliphatic heterocycles. The third kappa shape index (κ3) is 2.48. The molecule has 0 bridgehead atoms. The highest BCUT2D eigenvalue weighted by Gasteiger charge is 2.22. The van der Waals surface area contributed by atoms with Gasteiger partial charge in [0.05, 0.1) is 11.9 Å². The molecule has 2 rings (SSSR count). The lowest BCUT2D eigenvalue weighted by Crippen LogP contribution is -2.15. The van der Waals surface area contributed by atoms with Gasteiger partial charge in [0.25, 0.3) is 0 Å². The van der Waals surface area contributed by atoms with Gasteiger partial charge in [0.2, 0.25) is 5.88 Å². The summed E-state index contributed by atoms with van der Waals surface area (Å²) in [7, 11) is 0. The Bertz CT molecular complexity index is 514. The average molecular weight is 253 g/mol. The molecule has 6 heteroatoms. The van der Waals surface area contributed by atoms with Crippen LogP contribution < -0.4 is 16.0 Å². The van der Waals surface area contributed by atoms with E-state index in [2.05, 4.69) is 10.4 Å². The van der Waals surface area contributed by atoms with E-state index < -0.39 is 12.0 Å². The fraction of sp³-hybridized carbons (Fsp3) is 0.250. The minimum atomic E-state index is -1.48.